The Morgan fingerprint density at radius 1 is 1.38 bits per heavy atom. The van der Waals surface area contributed by atoms with E-state index in [1.807, 2.05) is 22.6 Å². The van der Waals surface area contributed by atoms with Gasteiger partial charge < -0.3 is 0 Å². The zero-order valence-corrected chi connectivity index (χ0v) is 5.96. The number of halogens is 2. The fourth-order valence-electron chi connectivity index (χ4n) is 0.297. The van der Waals surface area contributed by atoms with Crippen molar-refractivity contribution in [1.82, 2.24) is 9.97 Å². The van der Waals surface area contributed by atoms with E-state index < -0.39 is 5.95 Å². The van der Waals surface area contributed by atoms with E-state index in [0.29, 0.717) is 3.70 Å². The molecule has 1 aromatic rings. The lowest BCUT2D eigenvalue weighted by molar-refractivity contribution is 0.575. The monoisotopic (exact) mass is 224 g/mol. The quantitative estimate of drug-likeness (QED) is 0.619. The Hall–Kier alpha value is -0.260. The second-order valence-electron chi connectivity index (χ2n) is 1.16. The second kappa shape index (κ2) is 2.34. The van der Waals surface area contributed by atoms with Gasteiger partial charge in [0.2, 0.25) is 5.95 Å². The summed E-state index contributed by atoms with van der Waals surface area (Å²) in [5.74, 6) is -0.537. The highest BCUT2D eigenvalue weighted by molar-refractivity contribution is 14.1. The highest BCUT2D eigenvalue weighted by Gasteiger charge is 1.87. The second-order valence-corrected chi connectivity index (χ2v) is 2.27. The maximum atomic E-state index is 11.9. The van der Waals surface area contributed by atoms with E-state index in [2.05, 4.69) is 9.97 Å². The standard InChI is InChI=1S/C4H2FIN2/c5-3-1-8-4(6)2-7-3/h1-2H. The molecule has 0 aliphatic carbocycles. The van der Waals surface area contributed by atoms with Gasteiger partial charge in [-0.05, 0) is 22.6 Å². The van der Waals surface area contributed by atoms with Crippen LogP contribution in [0.2, 0.25) is 0 Å². The summed E-state index contributed by atoms with van der Waals surface area (Å²) in [6.45, 7) is 0. The summed E-state index contributed by atoms with van der Waals surface area (Å²) in [5, 5.41) is 0. The van der Waals surface area contributed by atoms with E-state index >= 15 is 0 Å². The molecule has 0 N–H and O–H groups in total. The van der Waals surface area contributed by atoms with Gasteiger partial charge in [0.15, 0.2) is 0 Å². The van der Waals surface area contributed by atoms with Gasteiger partial charge in [-0.3, -0.25) is 0 Å². The van der Waals surface area contributed by atoms with Crippen LogP contribution in [-0.2, 0) is 0 Å². The largest absolute Gasteiger partial charge is 0.244 e. The Balaban J connectivity index is 3.03. The highest BCUT2D eigenvalue weighted by Crippen LogP contribution is 1.95. The number of aromatic nitrogens is 2. The molecule has 0 atom stereocenters. The molecule has 0 bridgehead atoms. The topological polar surface area (TPSA) is 25.8 Å². The molecule has 42 valence electrons. The van der Waals surface area contributed by atoms with Crippen molar-refractivity contribution in [3.05, 3.63) is 22.0 Å². The lowest BCUT2D eigenvalue weighted by Crippen LogP contribution is -1.85. The number of nitrogens with zero attached hydrogens (tertiary/aromatic N) is 2. The maximum absolute atomic E-state index is 11.9. The molecule has 0 saturated heterocycles. The summed E-state index contributed by atoms with van der Waals surface area (Å²) < 4.78 is 12.6. The summed E-state index contributed by atoms with van der Waals surface area (Å²) >= 11 is 1.96. The van der Waals surface area contributed by atoms with Gasteiger partial charge in [0.05, 0.1) is 12.4 Å². The fraction of sp³-hybridized carbons (Fsp3) is 0. The van der Waals surface area contributed by atoms with E-state index in [1.165, 1.54) is 6.20 Å². The molecule has 0 aromatic carbocycles. The molecular formula is C4H2FIN2. The van der Waals surface area contributed by atoms with Crippen LogP contribution in [0.1, 0.15) is 0 Å². The Morgan fingerprint density at radius 3 is 2.50 bits per heavy atom. The van der Waals surface area contributed by atoms with Crippen LogP contribution >= 0.6 is 22.6 Å². The predicted octanol–water partition coefficient (Wildman–Crippen LogP) is 1.22. The Bertz CT molecular complexity index is 153. The SMILES string of the molecule is Fc1cnc(I)cn1. The molecular weight excluding hydrogens is 222 g/mol. The summed E-state index contributed by atoms with van der Waals surface area (Å²) in [6.07, 6.45) is 2.46. The van der Waals surface area contributed by atoms with Gasteiger partial charge in [0.1, 0.15) is 3.70 Å². The smallest absolute Gasteiger partial charge is 0.231 e. The predicted molar refractivity (Wildman–Crippen MR) is 34.7 cm³/mol. The zero-order chi connectivity index (χ0) is 5.98. The van der Waals surface area contributed by atoms with Gasteiger partial charge in [-0.1, -0.05) is 0 Å². The van der Waals surface area contributed by atoms with E-state index in [-0.39, 0.29) is 0 Å². The van der Waals surface area contributed by atoms with Crippen LogP contribution in [-0.4, -0.2) is 9.97 Å². The first-order valence-electron chi connectivity index (χ1n) is 1.92. The first kappa shape index (κ1) is 5.87. The van der Waals surface area contributed by atoms with Crippen LogP contribution in [0.25, 0.3) is 0 Å². The van der Waals surface area contributed by atoms with E-state index in [9.17, 15) is 4.39 Å². The number of hydrogen-bond acceptors (Lipinski definition) is 2. The van der Waals surface area contributed by atoms with Crippen molar-refractivity contribution in [3.63, 3.8) is 0 Å². The molecule has 0 unspecified atom stereocenters. The molecule has 0 amide bonds. The minimum atomic E-state index is -0.537. The molecule has 0 aliphatic heterocycles. The molecule has 0 saturated carbocycles. The first-order valence-corrected chi connectivity index (χ1v) is 3.00. The van der Waals surface area contributed by atoms with E-state index in [0.717, 1.165) is 6.20 Å². The number of hydrogen-bond donors (Lipinski definition) is 0. The molecule has 8 heavy (non-hydrogen) atoms. The lowest BCUT2D eigenvalue weighted by atomic mass is 10.8. The molecule has 0 spiro atoms. The van der Waals surface area contributed by atoms with Crippen LogP contribution < -0.4 is 0 Å². The molecule has 0 radical (unpaired) electrons. The average Bonchev–Trinajstić information content (AvgIpc) is 1.77. The van der Waals surface area contributed by atoms with E-state index in [1.54, 1.807) is 0 Å². The normalized spacial score (nSPS) is 9.25. The van der Waals surface area contributed by atoms with Crippen molar-refractivity contribution < 1.29 is 4.39 Å². The van der Waals surface area contributed by atoms with Crippen molar-refractivity contribution in [2.75, 3.05) is 0 Å². The third kappa shape index (κ3) is 1.36. The maximum Gasteiger partial charge on any atom is 0.231 e. The summed E-state index contributed by atoms with van der Waals surface area (Å²) in [5.41, 5.74) is 0. The lowest BCUT2D eigenvalue weighted by Gasteiger charge is -1.84. The summed E-state index contributed by atoms with van der Waals surface area (Å²) in [4.78, 5) is 6.97. The number of rotatable bonds is 0. The van der Waals surface area contributed by atoms with Gasteiger partial charge in [-0.15, -0.1) is 0 Å². The highest BCUT2D eigenvalue weighted by atomic mass is 127. The molecule has 2 nitrogen and oxygen atoms in total. The molecule has 1 aromatic heterocycles. The van der Waals surface area contributed by atoms with E-state index in [4.69, 9.17) is 0 Å². The van der Waals surface area contributed by atoms with Crippen molar-refractivity contribution in [2.24, 2.45) is 0 Å². The van der Waals surface area contributed by atoms with Crippen molar-refractivity contribution in [1.29, 1.82) is 0 Å². The average molecular weight is 224 g/mol. The van der Waals surface area contributed by atoms with Gasteiger partial charge >= 0.3 is 0 Å². The first-order chi connectivity index (χ1) is 3.79. The van der Waals surface area contributed by atoms with Crippen molar-refractivity contribution in [2.45, 2.75) is 0 Å². The molecule has 0 fully saturated rings. The fourth-order valence-corrected chi connectivity index (χ4v) is 0.575. The Labute approximate surface area is 59.3 Å². The third-order valence-electron chi connectivity index (χ3n) is 0.589. The van der Waals surface area contributed by atoms with Crippen molar-refractivity contribution in [3.8, 4) is 0 Å². The zero-order valence-electron chi connectivity index (χ0n) is 3.81. The minimum absolute atomic E-state index is 0.537. The van der Waals surface area contributed by atoms with Crippen LogP contribution in [0.4, 0.5) is 4.39 Å². The van der Waals surface area contributed by atoms with Crippen LogP contribution in [0.5, 0.6) is 0 Å². The van der Waals surface area contributed by atoms with Crippen molar-refractivity contribution >= 4 is 22.6 Å². The van der Waals surface area contributed by atoms with Crippen LogP contribution in [0.3, 0.4) is 0 Å². The van der Waals surface area contributed by atoms with Crippen LogP contribution in [0, 0.1) is 9.65 Å². The molecule has 0 aliphatic rings. The minimum Gasteiger partial charge on any atom is -0.244 e. The van der Waals surface area contributed by atoms with Gasteiger partial charge in [-0.2, -0.15) is 4.39 Å². The van der Waals surface area contributed by atoms with Gasteiger partial charge in [0, 0.05) is 0 Å². The van der Waals surface area contributed by atoms with Gasteiger partial charge in [-0.25, -0.2) is 9.97 Å². The molecule has 4 heteroatoms. The molecule has 1 heterocycles. The summed E-state index contributed by atoms with van der Waals surface area (Å²) in [7, 11) is 0. The Kier molecular flexibility index (Phi) is 1.72. The Morgan fingerprint density at radius 2 is 2.12 bits per heavy atom. The summed E-state index contributed by atoms with van der Waals surface area (Å²) in [6, 6.07) is 0. The van der Waals surface area contributed by atoms with Gasteiger partial charge in [0.25, 0.3) is 0 Å². The third-order valence-corrected chi connectivity index (χ3v) is 1.15. The molecule has 1 rings (SSSR count). The van der Waals surface area contributed by atoms with Crippen LogP contribution in [0.15, 0.2) is 12.4 Å².